The Morgan fingerprint density at radius 3 is 2.50 bits per heavy atom. The lowest BCUT2D eigenvalue weighted by Gasteiger charge is -2.38. The molecule has 0 spiro atoms. The molecule has 0 radical (unpaired) electrons. The molecule has 148 valence electrons. The van der Waals surface area contributed by atoms with Gasteiger partial charge in [0, 0.05) is 12.6 Å². The lowest BCUT2D eigenvalue weighted by molar-refractivity contribution is -0.146. The zero-order valence-electron chi connectivity index (χ0n) is 15.7. The molecule has 0 bridgehead atoms. The van der Waals surface area contributed by atoms with Gasteiger partial charge in [0.2, 0.25) is 0 Å². The Hall–Kier alpha value is -3.03. The fourth-order valence-corrected chi connectivity index (χ4v) is 3.46. The van der Waals surface area contributed by atoms with Gasteiger partial charge in [-0.05, 0) is 55.0 Å². The summed E-state index contributed by atoms with van der Waals surface area (Å²) in [5.74, 6) is -2.50. The number of piperidine rings is 1. The normalized spacial score (nSPS) is 19.4. The molecular weight excluding hydrogens is 366 g/mol. The molecule has 2 aromatic rings. The van der Waals surface area contributed by atoms with Crippen molar-refractivity contribution in [3.63, 3.8) is 0 Å². The van der Waals surface area contributed by atoms with Crippen molar-refractivity contribution in [2.45, 2.75) is 32.7 Å². The van der Waals surface area contributed by atoms with Crippen LogP contribution in [-0.4, -0.2) is 28.2 Å². The van der Waals surface area contributed by atoms with Crippen LogP contribution in [0, 0.1) is 24.5 Å². The van der Waals surface area contributed by atoms with Gasteiger partial charge in [0.1, 0.15) is 17.5 Å². The summed E-state index contributed by atoms with van der Waals surface area (Å²) < 4.78 is 27.3. The minimum absolute atomic E-state index is 0.173. The summed E-state index contributed by atoms with van der Waals surface area (Å²) in [5.41, 5.74) is 7.02. The highest BCUT2D eigenvalue weighted by atomic mass is 19.1. The quantitative estimate of drug-likeness (QED) is 0.774. The molecule has 3 N–H and O–H groups in total. The first-order valence-corrected chi connectivity index (χ1v) is 9.04. The van der Waals surface area contributed by atoms with Gasteiger partial charge in [0.25, 0.3) is 0 Å². The fourth-order valence-electron chi connectivity index (χ4n) is 3.46. The molecule has 2 heterocycles. The number of anilines is 2. The van der Waals surface area contributed by atoms with Crippen LogP contribution in [0.25, 0.3) is 0 Å². The van der Waals surface area contributed by atoms with E-state index in [1.165, 1.54) is 23.2 Å². The predicted octanol–water partition coefficient (Wildman–Crippen LogP) is 3.19. The van der Waals surface area contributed by atoms with Gasteiger partial charge in [-0.15, -0.1) is 0 Å². The van der Waals surface area contributed by atoms with Crippen molar-refractivity contribution in [2.75, 3.05) is 17.6 Å². The molecule has 2 amide bonds. The highest BCUT2D eigenvalue weighted by Gasteiger charge is 2.34. The summed E-state index contributed by atoms with van der Waals surface area (Å²) in [6.45, 7) is 4.03. The Bertz CT molecular complexity index is 899. The third-order valence-corrected chi connectivity index (χ3v) is 4.92. The number of pyridine rings is 1. The second-order valence-corrected chi connectivity index (χ2v) is 7.24. The standard InChI is InChI=1S/C20H22F2N4O2/c1-11-3-4-17(13-6-14(21)8-15(22)7-13)26(10-11)20(28)19(27)25-16-5-12(2)18(23)24-9-16/h5-9,11,17H,3-4,10H2,1-2H3,(H2,23,24)(H,25,27). The molecule has 1 aliphatic heterocycles. The Morgan fingerprint density at radius 1 is 1.18 bits per heavy atom. The highest BCUT2D eigenvalue weighted by molar-refractivity contribution is 6.39. The lowest BCUT2D eigenvalue weighted by atomic mass is 9.89. The molecule has 0 saturated carbocycles. The molecule has 2 unspecified atom stereocenters. The SMILES string of the molecule is Cc1cc(NC(=O)C(=O)N2CC(C)CCC2c2cc(F)cc(F)c2)cnc1N. The van der Waals surface area contributed by atoms with Crippen molar-refractivity contribution in [1.82, 2.24) is 9.88 Å². The van der Waals surface area contributed by atoms with Crippen LogP contribution in [-0.2, 0) is 9.59 Å². The fraction of sp³-hybridized carbons (Fsp3) is 0.350. The molecule has 6 nitrogen and oxygen atoms in total. The van der Waals surface area contributed by atoms with Crippen molar-refractivity contribution >= 4 is 23.3 Å². The van der Waals surface area contributed by atoms with E-state index >= 15 is 0 Å². The van der Waals surface area contributed by atoms with Crippen molar-refractivity contribution in [3.8, 4) is 0 Å². The molecule has 3 rings (SSSR count). The van der Waals surface area contributed by atoms with Crippen LogP contribution in [0.5, 0.6) is 0 Å². The summed E-state index contributed by atoms with van der Waals surface area (Å²) in [6, 6.07) is 4.24. The Morgan fingerprint density at radius 2 is 1.86 bits per heavy atom. The number of halogens is 2. The van der Waals surface area contributed by atoms with Gasteiger partial charge in [-0.3, -0.25) is 9.59 Å². The van der Waals surface area contributed by atoms with E-state index in [4.69, 9.17) is 5.73 Å². The number of rotatable bonds is 2. The second-order valence-electron chi connectivity index (χ2n) is 7.24. The average molecular weight is 388 g/mol. The minimum atomic E-state index is -0.832. The number of nitrogens with one attached hydrogen (secondary N) is 1. The van der Waals surface area contributed by atoms with Crippen molar-refractivity contribution in [2.24, 2.45) is 5.92 Å². The van der Waals surface area contributed by atoms with Gasteiger partial charge in [0.15, 0.2) is 0 Å². The predicted molar refractivity (Wildman–Crippen MR) is 101 cm³/mol. The zero-order chi connectivity index (χ0) is 20.4. The number of amides is 2. The van der Waals surface area contributed by atoms with Crippen molar-refractivity contribution in [3.05, 3.63) is 53.2 Å². The van der Waals surface area contributed by atoms with Crippen LogP contribution >= 0.6 is 0 Å². The van der Waals surface area contributed by atoms with Gasteiger partial charge in [-0.25, -0.2) is 13.8 Å². The number of benzene rings is 1. The molecule has 28 heavy (non-hydrogen) atoms. The van der Waals surface area contributed by atoms with Crippen LogP contribution in [0.2, 0.25) is 0 Å². The molecule has 8 heteroatoms. The van der Waals surface area contributed by atoms with E-state index in [9.17, 15) is 18.4 Å². The molecule has 1 aliphatic rings. The average Bonchev–Trinajstić information content (AvgIpc) is 2.63. The van der Waals surface area contributed by atoms with Crippen LogP contribution in [0.1, 0.15) is 36.9 Å². The molecule has 1 saturated heterocycles. The Balaban J connectivity index is 1.83. The Kier molecular flexibility index (Phi) is 5.58. The maximum atomic E-state index is 13.7. The summed E-state index contributed by atoms with van der Waals surface area (Å²) in [6.07, 6.45) is 2.67. The maximum absolute atomic E-state index is 13.7. The van der Waals surface area contributed by atoms with Crippen LogP contribution in [0.3, 0.4) is 0 Å². The van der Waals surface area contributed by atoms with E-state index in [1.54, 1.807) is 13.0 Å². The number of carbonyl (C=O) groups excluding carboxylic acids is 2. The molecular formula is C20H22F2N4O2. The van der Waals surface area contributed by atoms with Crippen molar-refractivity contribution in [1.29, 1.82) is 0 Å². The lowest BCUT2D eigenvalue weighted by Crippen LogP contribution is -2.46. The van der Waals surface area contributed by atoms with E-state index in [0.29, 0.717) is 35.6 Å². The van der Waals surface area contributed by atoms with Gasteiger partial charge < -0.3 is 16.0 Å². The van der Waals surface area contributed by atoms with E-state index < -0.39 is 29.5 Å². The van der Waals surface area contributed by atoms with E-state index in [1.807, 2.05) is 6.92 Å². The van der Waals surface area contributed by atoms with Gasteiger partial charge in [-0.2, -0.15) is 0 Å². The highest BCUT2D eigenvalue weighted by Crippen LogP contribution is 2.34. The third-order valence-electron chi connectivity index (χ3n) is 4.92. The monoisotopic (exact) mass is 388 g/mol. The van der Waals surface area contributed by atoms with Gasteiger partial charge >= 0.3 is 11.8 Å². The number of likely N-dealkylation sites (tertiary alicyclic amines) is 1. The second kappa shape index (κ2) is 7.92. The number of nitrogens with two attached hydrogens (primary N) is 1. The number of aryl methyl sites for hydroxylation is 1. The van der Waals surface area contributed by atoms with Crippen LogP contribution in [0.15, 0.2) is 30.5 Å². The van der Waals surface area contributed by atoms with Crippen LogP contribution < -0.4 is 11.1 Å². The van der Waals surface area contributed by atoms with E-state index in [-0.39, 0.29) is 5.92 Å². The molecule has 1 fully saturated rings. The number of aromatic nitrogens is 1. The number of nitrogen functional groups attached to an aromatic ring is 1. The van der Waals surface area contributed by atoms with Crippen molar-refractivity contribution < 1.29 is 18.4 Å². The maximum Gasteiger partial charge on any atom is 0.313 e. The topological polar surface area (TPSA) is 88.3 Å². The summed E-state index contributed by atoms with van der Waals surface area (Å²) in [4.78, 5) is 30.7. The van der Waals surface area contributed by atoms with E-state index in [2.05, 4.69) is 10.3 Å². The molecule has 0 aliphatic carbocycles. The summed E-state index contributed by atoms with van der Waals surface area (Å²) >= 11 is 0. The number of hydrogen-bond acceptors (Lipinski definition) is 4. The van der Waals surface area contributed by atoms with E-state index in [0.717, 1.165) is 12.5 Å². The van der Waals surface area contributed by atoms with Gasteiger partial charge in [0.05, 0.1) is 17.9 Å². The first-order chi connectivity index (χ1) is 13.2. The summed E-state index contributed by atoms with van der Waals surface area (Å²) in [7, 11) is 0. The van der Waals surface area contributed by atoms with Gasteiger partial charge in [-0.1, -0.05) is 6.92 Å². The summed E-state index contributed by atoms with van der Waals surface area (Å²) in [5, 5.41) is 2.52. The molecule has 2 atom stereocenters. The number of hydrogen-bond donors (Lipinski definition) is 2. The Labute approximate surface area is 161 Å². The minimum Gasteiger partial charge on any atom is -0.383 e. The largest absolute Gasteiger partial charge is 0.383 e. The van der Waals surface area contributed by atoms with Crippen LogP contribution in [0.4, 0.5) is 20.3 Å². The molecule has 1 aromatic heterocycles. The number of nitrogens with zero attached hydrogens (tertiary/aromatic N) is 2. The third kappa shape index (κ3) is 4.27. The first-order valence-electron chi connectivity index (χ1n) is 9.04. The molecule has 1 aromatic carbocycles. The number of carbonyl (C=O) groups is 2. The smallest absolute Gasteiger partial charge is 0.313 e. The zero-order valence-corrected chi connectivity index (χ0v) is 15.7. The first kappa shape index (κ1) is 19.7.